The molecule has 0 aliphatic rings. The Bertz CT molecular complexity index is 580. The summed E-state index contributed by atoms with van der Waals surface area (Å²) in [6, 6.07) is 7.57. The first-order valence-electron chi connectivity index (χ1n) is 5.21. The van der Waals surface area contributed by atoms with Crippen LogP contribution >= 0.6 is 22.6 Å². The zero-order valence-corrected chi connectivity index (χ0v) is 11.8. The van der Waals surface area contributed by atoms with E-state index in [0.717, 1.165) is 9.32 Å². The SMILES string of the molecule is Cn1ncc(C(=O)O)c1COc1ccccc1I. The Morgan fingerprint density at radius 1 is 1.50 bits per heavy atom. The van der Waals surface area contributed by atoms with Crippen LogP contribution in [0.4, 0.5) is 0 Å². The number of aromatic carboxylic acids is 1. The molecule has 0 atom stereocenters. The van der Waals surface area contributed by atoms with Crippen molar-refractivity contribution in [1.29, 1.82) is 0 Å². The second kappa shape index (κ2) is 5.38. The van der Waals surface area contributed by atoms with Gasteiger partial charge >= 0.3 is 5.97 Å². The molecule has 2 aromatic rings. The molecule has 1 N–H and O–H groups in total. The van der Waals surface area contributed by atoms with E-state index < -0.39 is 5.97 Å². The van der Waals surface area contributed by atoms with Crippen molar-refractivity contribution in [3.05, 3.63) is 45.3 Å². The summed E-state index contributed by atoms with van der Waals surface area (Å²) in [5.41, 5.74) is 0.714. The van der Waals surface area contributed by atoms with E-state index in [1.165, 1.54) is 10.9 Å². The minimum Gasteiger partial charge on any atom is -0.486 e. The van der Waals surface area contributed by atoms with Crippen molar-refractivity contribution in [1.82, 2.24) is 9.78 Å². The van der Waals surface area contributed by atoms with E-state index in [0.29, 0.717) is 5.69 Å². The lowest BCUT2D eigenvalue weighted by molar-refractivity contribution is 0.0693. The van der Waals surface area contributed by atoms with Crippen LogP contribution in [0.2, 0.25) is 0 Å². The molecule has 1 aromatic heterocycles. The van der Waals surface area contributed by atoms with Crippen molar-refractivity contribution < 1.29 is 14.6 Å². The highest BCUT2D eigenvalue weighted by Gasteiger charge is 2.15. The molecule has 0 radical (unpaired) electrons. The summed E-state index contributed by atoms with van der Waals surface area (Å²) in [6.07, 6.45) is 1.33. The number of benzene rings is 1. The number of aryl methyl sites for hydroxylation is 1. The van der Waals surface area contributed by atoms with Gasteiger partial charge in [0.25, 0.3) is 0 Å². The molecule has 5 nitrogen and oxygen atoms in total. The number of para-hydroxylation sites is 1. The molecule has 1 heterocycles. The first-order valence-corrected chi connectivity index (χ1v) is 6.29. The molecule has 0 spiro atoms. The molecule has 1 aromatic carbocycles. The summed E-state index contributed by atoms with van der Waals surface area (Å²) >= 11 is 2.17. The molecule has 0 saturated heterocycles. The average molecular weight is 358 g/mol. The quantitative estimate of drug-likeness (QED) is 0.852. The van der Waals surface area contributed by atoms with Gasteiger partial charge in [-0.1, -0.05) is 12.1 Å². The van der Waals surface area contributed by atoms with E-state index in [4.69, 9.17) is 9.84 Å². The van der Waals surface area contributed by atoms with Crippen LogP contribution in [0.1, 0.15) is 16.1 Å². The zero-order chi connectivity index (χ0) is 13.1. The van der Waals surface area contributed by atoms with Crippen LogP contribution in [0.3, 0.4) is 0 Å². The third-order valence-electron chi connectivity index (χ3n) is 2.49. The summed E-state index contributed by atoms with van der Waals surface area (Å²) < 4.78 is 8.11. The Labute approximate surface area is 118 Å². The molecular weight excluding hydrogens is 347 g/mol. The number of aromatic nitrogens is 2. The fourth-order valence-electron chi connectivity index (χ4n) is 1.52. The van der Waals surface area contributed by atoms with Crippen molar-refractivity contribution in [3.8, 4) is 5.75 Å². The van der Waals surface area contributed by atoms with E-state index in [1.807, 2.05) is 24.3 Å². The number of ether oxygens (including phenoxy) is 1. The van der Waals surface area contributed by atoms with Gasteiger partial charge in [-0.05, 0) is 34.7 Å². The van der Waals surface area contributed by atoms with Gasteiger partial charge in [-0.15, -0.1) is 0 Å². The first kappa shape index (κ1) is 12.9. The van der Waals surface area contributed by atoms with E-state index >= 15 is 0 Å². The highest BCUT2D eigenvalue weighted by molar-refractivity contribution is 14.1. The van der Waals surface area contributed by atoms with Gasteiger partial charge in [0, 0.05) is 7.05 Å². The van der Waals surface area contributed by atoms with Gasteiger partial charge < -0.3 is 9.84 Å². The van der Waals surface area contributed by atoms with Crippen molar-refractivity contribution in [2.75, 3.05) is 0 Å². The van der Waals surface area contributed by atoms with E-state index in [9.17, 15) is 4.79 Å². The minimum absolute atomic E-state index is 0.170. The fraction of sp³-hybridized carbons (Fsp3) is 0.167. The fourth-order valence-corrected chi connectivity index (χ4v) is 2.06. The molecule has 2 rings (SSSR count). The van der Waals surface area contributed by atoms with Crippen molar-refractivity contribution in [2.45, 2.75) is 6.61 Å². The van der Waals surface area contributed by atoms with Crippen molar-refractivity contribution >= 4 is 28.6 Å². The summed E-state index contributed by atoms with van der Waals surface area (Å²) in [5, 5.41) is 12.9. The lowest BCUT2D eigenvalue weighted by Crippen LogP contribution is -2.08. The maximum Gasteiger partial charge on any atom is 0.339 e. The largest absolute Gasteiger partial charge is 0.486 e. The molecule has 0 unspecified atom stereocenters. The van der Waals surface area contributed by atoms with Gasteiger partial charge in [-0.2, -0.15) is 5.10 Å². The molecule has 94 valence electrons. The van der Waals surface area contributed by atoms with Gasteiger partial charge in [0.1, 0.15) is 17.9 Å². The highest BCUT2D eigenvalue weighted by Crippen LogP contribution is 2.21. The number of hydrogen-bond donors (Lipinski definition) is 1. The molecular formula is C12H11IN2O3. The summed E-state index contributed by atoms with van der Waals surface area (Å²) in [6.45, 7) is 0.179. The Kier molecular flexibility index (Phi) is 3.85. The minimum atomic E-state index is -0.996. The van der Waals surface area contributed by atoms with Crippen molar-refractivity contribution in [3.63, 3.8) is 0 Å². The Morgan fingerprint density at radius 3 is 2.89 bits per heavy atom. The van der Waals surface area contributed by atoms with Gasteiger partial charge in [-0.25, -0.2) is 4.79 Å². The molecule has 0 aliphatic carbocycles. The second-order valence-corrected chi connectivity index (χ2v) is 4.81. The van der Waals surface area contributed by atoms with Crippen molar-refractivity contribution in [2.24, 2.45) is 7.05 Å². The van der Waals surface area contributed by atoms with E-state index in [1.54, 1.807) is 7.05 Å². The number of hydrogen-bond acceptors (Lipinski definition) is 3. The lowest BCUT2D eigenvalue weighted by atomic mass is 10.2. The van der Waals surface area contributed by atoms with Crippen LogP contribution < -0.4 is 4.74 Å². The van der Waals surface area contributed by atoms with E-state index in [-0.39, 0.29) is 12.2 Å². The van der Waals surface area contributed by atoms with Crippen LogP contribution in [-0.4, -0.2) is 20.9 Å². The molecule has 0 amide bonds. The summed E-state index contributed by atoms with van der Waals surface area (Å²) in [4.78, 5) is 11.0. The topological polar surface area (TPSA) is 64.4 Å². The van der Waals surface area contributed by atoms with E-state index in [2.05, 4.69) is 27.7 Å². The standard InChI is InChI=1S/C12H11IN2O3/c1-15-10(8(6-14-15)12(16)17)7-18-11-5-3-2-4-9(11)13/h2-6H,7H2,1H3,(H,16,17). The number of halogens is 1. The molecule has 0 aliphatic heterocycles. The predicted molar refractivity (Wildman–Crippen MR) is 73.7 cm³/mol. The maximum absolute atomic E-state index is 11.0. The number of carboxylic acid groups (broad SMARTS) is 1. The number of nitrogens with zero attached hydrogens (tertiary/aromatic N) is 2. The summed E-state index contributed by atoms with van der Waals surface area (Å²) in [7, 11) is 1.70. The average Bonchev–Trinajstić information content (AvgIpc) is 2.70. The Balaban J connectivity index is 2.18. The highest BCUT2D eigenvalue weighted by atomic mass is 127. The molecule has 0 bridgehead atoms. The van der Waals surface area contributed by atoms with Crippen LogP contribution in [0.5, 0.6) is 5.75 Å². The molecule has 6 heteroatoms. The molecule has 18 heavy (non-hydrogen) atoms. The van der Waals surface area contributed by atoms with Crippen LogP contribution in [-0.2, 0) is 13.7 Å². The second-order valence-electron chi connectivity index (χ2n) is 3.65. The Morgan fingerprint density at radius 2 is 2.22 bits per heavy atom. The van der Waals surface area contributed by atoms with Crippen LogP contribution in [0.15, 0.2) is 30.5 Å². The number of carbonyl (C=O) groups is 1. The maximum atomic E-state index is 11.0. The number of rotatable bonds is 4. The normalized spacial score (nSPS) is 10.3. The lowest BCUT2D eigenvalue weighted by Gasteiger charge is -2.09. The monoisotopic (exact) mass is 358 g/mol. The van der Waals surface area contributed by atoms with Crippen LogP contribution in [0.25, 0.3) is 0 Å². The third-order valence-corrected chi connectivity index (χ3v) is 3.38. The van der Waals surface area contributed by atoms with Crippen LogP contribution in [0, 0.1) is 3.57 Å². The van der Waals surface area contributed by atoms with Gasteiger partial charge in [0.15, 0.2) is 0 Å². The summed E-state index contributed by atoms with van der Waals surface area (Å²) in [5.74, 6) is -0.264. The zero-order valence-electron chi connectivity index (χ0n) is 9.63. The molecule has 0 fully saturated rings. The molecule has 0 saturated carbocycles. The van der Waals surface area contributed by atoms with Gasteiger partial charge in [0.05, 0.1) is 15.5 Å². The van der Waals surface area contributed by atoms with Gasteiger partial charge in [0.2, 0.25) is 0 Å². The third kappa shape index (κ3) is 2.63. The first-order chi connectivity index (χ1) is 8.59. The van der Waals surface area contributed by atoms with Gasteiger partial charge in [-0.3, -0.25) is 4.68 Å². The predicted octanol–water partition coefficient (Wildman–Crippen LogP) is 2.30. The smallest absolute Gasteiger partial charge is 0.339 e. The number of carboxylic acids is 1. The Hall–Kier alpha value is -1.57.